The SMILES string of the molecule is CC1NC/C=C\CCN1. The van der Waals surface area contributed by atoms with Crippen molar-refractivity contribution in [2.45, 2.75) is 19.5 Å². The minimum atomic E-state index is 0.468. The van der Waals surface area contributed by atoms with E-state index in [0.29, 0.717) is 6.17 Å². The molecule has 0 fully saturated rings. The minimum absolute atomic E-state index is 0.468. The van der Waals surface area contributed by atoms with E-state index >= 15 is 0 Å². The molecule has 0 saturated heterocycles. The molecular weight excluding hydrogens is 112 g/mol. The average molecular weight is 126 g/mol. The summed E-state index contributed by atoms with van der Waals surface area (Å²) in [6.07, 6.45) is 6.00. The molecule has 0 saturated carbocycles. The maximum atomic E-state index is 3.32. The first kappa shape index (κ1) is 6.78. The molecule has 2 N–H and O–H groups in total. The molecule has 0 aromatic heterocycles. The van der Waals surface area contributed by atoms with Crippen molar-refractivity contribution in [3.8, 4) is 0 Å². The Bertz CT molecular complexity index is 99.1. The van der Waals surface area contributed by atoms with Gasteiger partial charge in [-0.1, -0.05) is 12.2 Å². The van der Waals surface area contributed by atoms with Gasteiger partial charge in [0.2, 0.25) is 0 Å². The predicted octanol–water partition coefficient (Wildman–Crippen LogP) is 0.471. The molecule has 1 heterocycles. The molecule has 0 spiro atoms. The molecular formula is C7H14N2. The van der Waals surface area contributed by atoms with E-state index in [1.54, 1.807) is 0 Å². The smallest absolute Gasteiger partial charge is 0.0545 e. The van der Waals surface area contributed by atoms with E-state index in [9.17, 15) is 0 Å². The van der Waals surface area contributed by atoms with Gasteiger partial charge in [-0.25, -0.2) is 0 Å². The average Bonchev–Trinajstić information content (AvgIpc) is 1.79. The summed E-state index contributed by atoms with van der Waals surface area (Å²) in [6, 6.07) is 0. The third-order valence-corrected chi connectivity index (χ3v) is 1.47. The number of nitrogens with one attached hydrogen (secondary N) is 2. The summed E-state index contributed by atoms with van der Waals surface area (Å²) in [7, 11) is 0. The Hall–Kier alpha value is -0.340. The first-order valence-corrected chi connectivity index (χ1v) is 3.51. The normalized spacial score (nSPS) is 32.8. The summed E-state index contributed by atoms with van der Waals surface area (Å²) in [6.45, 7) is 4.22. The van der Waals surface area contributed by atoms with Gasteiger partial charge in [0.15, 0.2) is 0 Å². The van der Waals surface area contributed by atoms with Gasteiger partial charge in [-0.05, 0) is 13.3 Å². The van der Waals surface area contributed by atoms with E-state index < -0.39 is 0 Å². The van der Waals surface area contributed by atoms with Crippen LogP contribution in [0.5, 0.6) is 0 Å². The standard InChI is InChI=1S/C7H14N2/c1-7-8-5-3-2-4-6-9-7/h2-3,7-9H,4-6H2,1H3/b3-2-. The Morgan fingerprint density at radius 1 is 1.33 bits per heavy atom. The van der Waals surface area contributed by atoms with E-state index in [1.165, 1.54) is 0 Å². The zero-order chi connectivity index (χ0) is 6.53. The van der Waals surface area contributed by atoms with Crippen LogP contribution in [0.3, 0.4) is 0 Å². The van der Waals surface area contributed by atoms with Gasteiger partial charge in [0.25, 0.3) is 0 Å². The second-order valence-corrected chi connectivity index (χ2v) is 2.34. The first-order valence-electron chi connectivity index (χ1n) is 3.51. The fraction of sp³-hybridized carbons (Fsp3) is 0.714. The molecule has 2 heteroatoms. The highest BCUT2D eigenvalue weighted by Gasteiger charge is 1.97. The van der Waals surface area contributed by atoms with Crippen LogP contribution in [0.2, 0.25) is 0 Å². The van der Waals surface area contributed by atoms with Crippen LogP contribution in [0.25, 0.3) is 0 Å². The fourth-order valence-electron chi connectivity index (χ4n) is 0.901. The van der Waals surface area contributed by atoms with Gasteiger partial charge >= 0.3 is 0 Å². The molecule has 0 aromatic rings. The molecule has 1 aliphatic rings. The van der Waals surface area contributed by atoms with E-state index in [2.05, 4.69) is 29.7 Å². The highest BCUT2D eigenvalue weighted by Crippen LogP contribution is 1.86. The Labute approximate surface area is 56.3 Å². The lowest BCUT2D eigenvalue weighted by atomic mass is 10.3. The van der Waals surface area contributed by atoms with Crippen molar-refractivity contribution in [1.82, 2.24) is 10.6 Å². The monoisotopic (exact) mass is 126 g/mol. The molecule has 2 nitrogen and oxygen atoms in total. The molecule has 0 aromatic carbocycles. The van der Waals surface area contributed by atoms with Gasteiger partial charge in [-0.15, -0.1) is 0 Å². The minimum Gasteiger partial charge on any atom is -0.302 e. The highest BCUT2D eigenvalue weighted by molar-refractivity contribution is 4.87. The maximum Gasteiger partial charge on any atom is 0.0545 e. The van der Waals surface area contributed by atoms with E-state index in [4.69, 9.17) is 0 Å². The highest BCUT2D eigenvalue weighted by atomic mass is 15.1. The van der Waals surface area contributed by atoms with Crippen LogP contribution in [-0.2, 0) is 0 Å². The lowest BCUT2D eigenvalue weighted by Crippen LogP contribution is -2.40. The maximum absolute atomic E-state index is 3.32. The third-order valence-electron chi connectivity index (χ3n) is 1.47. The van der Waals surface area contributed by atoms with Crippen molar-refractivity contribution in [2.75, 3.05) is 13.1 Å². The quantitative estimate of drug-likeness (QED) is 0.461. The third kappa shape index (κ3) is 2.63. The summed E-state index contributed by atoms with van der Waals surface area (Å²) in [4.78, 5) is 0. The fourth-order valence-corrected chi connectivity index (χ4v) is 0.901. The lowest BCUT2D eigenvalue weighted by Gasteiger charge is -2.15. The Morgan fingerprint density at radius 2 is 2.22 bits per heavy atom. The zero-order valence-electron chi connectivity index (χ0n) is 5.85. The van der Waals surface area contributed by atoms with Crippen LogP contribution in [0.4, 0.5) is 0 Å². The molecule has 0 amide bonds. The summed E-state index contributed by atoms with van der Waals surface area (Å²) in [5, 5.41) is 6.61. The molecule has 1 aliphatic heterocycles. The van der Waals surface area contributed by atoms with E-state index in [-0.39, 0.29) is 0 Å². The molecule has 52 valence electrons. The van der Waals surface area contributed by atoms with Crippen LogP contribution in [0.15, 0.2) is 12.2 Å². The van der Waals surface area contributed by atoms with Gasteiger partial charge < -0.3 is 5.32 Å². The molecule has 1 atom stereocenters. The van der Waals surface area contributed by atoms with Crippen molar-refractivity contribution in [3.63, 3.8) is 0 Å². The zero-order valence-corrected chi connectivity index (χ0v) is 5.85. The molecule has 0 radical (unpaired) electrons. The Morgan fingerprint density at radius 3 is 3.11 bits per heavy atom. The molecule has 1 rings (SSSR count). The predicted molar refractivity (Wildman–Crippen MR) is 39.2 cm³/mol. The van der Waals surface area contributed by atoms with Gasteiger partial charge in [-0.2, -0.15) is 0 Å². The van der Waals surface area contributed by atoms with Gasteiger partial charge in [0.05, 0.1) is 6.17 Å². The van der Waals surface area contributed by atoms with Gasteiger partial charge in [0, 0.05) is 13.1 Å². The van der Waals surface area contributed by atoms with Crippen molar-refractivity contribution < 1.29 is 0 Å². The lowest BCUT2D eigenvalue weighted by molar-refractivity contribution is 0.472. The van der Waals surface area contributed by atoms with Crippen LogP contribution < -0.4 is 10.6 Å². The van der Waals surface area contributed by atoms with Crippen LogP contribution in [0, 0.1) is 0 Å². The largest absolute Gasteiger partial charge is 0.302 e. The van der Waals surface area contributed by atoms with Crippen LogP contribution in [-0.4, -0.2) is 19.3 Å². The summed E-state index contributed by atoms with van der Waals surface area (Å²) >= 11 is 0. The second kappa shape index (κ2) is 3.64. The second-order valence-electron chi connectivity index (χ2n) is 2.34. The van der Waals surface area contributed by atoms with Gasteiger partial charge in [0.1, 0.15) is 0 Å². The number of hydrogen-bond acceptors (Lipinski definition) is 2. The molecule has 0 aliphatic carbocycles. The number of rotatable bonds is 0. The molecule has 0 bridgehead atoms. The van der Waals surface area contributed by atoms with Crippen molar-refractivity contribution >= 4 is 0 Å². The Balaban J connectivity index is 2.27. The van der Waals surface area contributed by atoms with Crippen molar-refractivity contribution in [3.05, 3.63) is 12.2 Å². The summed E-state index contributed by atoms with van der Waals surface area (Å²) in [5.41, 5.74) is 0. The summed E-state index contributed by atoms with van der Waals surface area (Å²) < 4.78 is 0. The summed E-state index contributed by atoms with van der Waals surface area (Å²) in [5.74, 6) is 0. The van der Waals surface area contributed by atoms with Crippen molar-refractivity contribution in [2.24, 2.45) is 0 Å². The van der Waals surface area contributed by atoms with Crippen molar-refractivity contribution in [1.29, 1.82) is 0 Å². The van der Waals surface area contributed by atoms with Crippen LogP contribution >= 0.6 is 0 Å². The molecule has 9 heavy (non-hydrogen) atoms. The number of hydrogen-bond donors (Lipinski definition) is 2. The van der Waals surface area contributed by atoms with Crippen LogP contribution in [0.1, 0.15) is 13.3 Å². The van der Waals surface area contributed by atoms with Gasteiger partial charge in [-0.3, -0.25) is 5.32 Å². The topological polar surface area (TPSA) is 24.1 Å². The Kier molecular flexibility index (Phi) is 2.74. The molecule has 1 unspecified atom stereocenters. The first-order chi connectivity index (χ1) is 4.39. The van der Waals surface area contributed by atoms with E-state index in [1.807, 2.05) is 0 Å². The van der Waals surface area contributed by atoms with E-state index in [0.717, 1.165) is 19.5 Å².